The zero-order chi connectivity index (χ0) is 12.3. The van der Waals surface area contributed by atoms with E-state index in [1.807, 2.05) is 0 Å². The molecule has 2 heterocycles. The summed E-state index contributed by atoms with van der Waals surface area (Å²) in [7, 11) is 0. The van der Waals surface area contributed by atoms with Gasteiger partial charge in [0.25, 0.3) is 0 Å². The van der Waals surface area contributed by atoms with Crippen molar-refractivity contribution >= 4 is 0 Å². The standard InChI is InChI=1S/C14H28N2O/c1-4-11(3)14(15-5-2)13-9-16-8-6-7-12(16)10-17-13/h11-15H,4-10H2,1-3H3. The van der Waals surface area contributed by atoms with E-state index in [0.717, 1.165) is 19.7 Å². The molecule has 17 heavy (non-hydrogen) atoms. The van der Waals surface area contributed by atoms with Crippen LogP contribution in [0.2, 0.25) is 0 Å². The zero-order valence-electron chi connectivity index (χ0n) is 11.6. The molecule has 4 unspecified atom stereocenters. The molecule has 2 rings (SSSR count). The Kier molecular flexibility index (Phi) is 4.83. The summed E-state index contributed by atoms with van der Waals surface area (Å²) in [4.78, 5) is 2.64. The van der Waals surface area contributed by atoms with Gasteiger partial charge in [-0.1, -0.05) is 27.2 Å². The molecule has 2 aliphatic rings. The van der Waals surface area contributed by atoms with E-state index in [1.165, 1.54) is 25.8 Å². The van der Waals surface area contributed by atoms with Crippen molar-refractivity contribution in [1.82, 2.24) is 10.2 Å². The van der Waals surface area contributed by atoms with Crippen molar-refractivity contribution < 1.29 is 4.74 Å². The van der Waals surface area contributed by atoms with E-state index in [1.54, 1.807) is 0 Å². The van der Waals surface area contributed by atoms with Gasteiger partial charge in [0.05, 0.1) is 12.7 Å². The van der Waals surface area contributed by atoms with Crippen molar-refractivity contribution in [2.75, 3.05) is 26.2 Å². The van der Waals surface area contributed by atoms with Gasteiger partial charge in [-0.25, -0.2) is 0 Å². The molecule has 0 radical (unpaired) electrons. The van der Waals surface area contributed by atoms with Gasteiger partial charge in [0, 0.05) is 18.6 Å². The smallest absolute Gasteiger partial charge is 0.0858 e. The lowest BCUT2D eigenvalue weighted by molar-refractivity contribution is -0.0722. The lowest BCUT2D eigenvalue weighted by atomic mass is 9.93. The largest absolute Gasteiger partial charge is 0.374 e. The first-order valence-electron chi connectivity index (χ1n) is 7.35. The fourth-order valence-corrected chi connectivity index (χ4v) is 3.25. The number of fused-ring (bicyclic) bond motifs is 1. The SMILES string of the molecule is CCNC(C(C)CC)C1CN2CCCC2CO1. The predicted octanol–water partition coefficient (Wildman–Crippen LogP) is 1.87. The van der Waals surface area contributed by atoms with Crippen LogP contribution in [0.4, 0.5) is 0 Å². The minimum absolute atomic E-state index is 0.388. The molecule has 0 aliphatic carbocycles. The molecule has 0 aromatic rings. The van der Waals surface area contributed by atoms with E-state index in [4.69, 9.17) is 4.74 Å². The lowest BCUT2D eigenvalue weighted by Crippen LogP contribution is -2.56. The summed E-state index contributed by atoms with van der Waals surface area (Å²) in [5.41, 5.74) is 0. The summed E-state index contributed by atoms with van der Waals surface area (Å²) in [5.74, 6) is 0.694. The first-order chi connectivity index (χ1) is 8.26. The van der Waals surface area contributed by atoms with Gasteiger partial charge in [-0.05, 0) is 31.8 Å². The van der Waals surface area contributed by atoms with Crippen LogP contribution in [0.5, 0.6) is 0 Å². The average molecular weight is 240 g/mol. The van der Waals surface area contributed by atoms with Gasteiger partial charge in [-0.15, -0.1) is 0 Å². The van der Waals surface area contributed by atoms with Crippen molar-refractivity contribution in [1.29, 1.82) is 0 Å². The van der Waals surface area contributed by atoms with Crippen LogP contribution in [0.15, 0.2) is 0 Å². The maximum atomic E-state index is 6.13. The topological polar surface area (TPSA) is 24.5 Å². The number of rotatable bonds is 5. The molecule has 3 nitrogen and oxygen atoms in total. The molecule has 4 atom stereocenters. The van der Waals surface area contributed by atoms with E-state index in [2.05, 4.69) is 31.0 Å². The Bertz CT molecular complexity index is 234. The third-order valence-corrected chi connectivity index (χ3v) is 4.51. The second-order valence-corrected chi connectivity index (χ2v) is 5.63. The fourth-order valence-electron chi connectivity index (χ4n) is 3.25. The van der Waals surface area contributed by atoms with Crippen molar-refractivity contribution in [3.8, 4) is 0 Å². The molecule has 0 aromatic heterocycles. The van der Waals surface area contributed by atoms with E-state index in [0.29, 0.717) is 24.1 Å². The quantitative estimate of drug-likeness (QED) is 0.794. The van der Waals surface area contributed by atoms with Crippen LogP contribution < -0.4 is 5.32 Å². The minimum Gasteiger partial charge on any atom is -0.374 e. The second kappa shape index (κ2) is 6.17. The highest BCUT2D eigenvalue weighted by Gasteiger charge is 2.36. The molecule has 2 saturated heterocycles. The number of hydrogen-bond acceptors (Lipinski definition) is 3. The number of morpholine rings is 1. The second-order valence-electron chi connectivity index (χ2n) is 5.63. The van der Waals surface area contributed by atoms with Gasteiger partial charge < -0.3 is 10.1 Å². The molecular formula is C14H28N2O. The van der Waals surface area contributed by atoms with Crippen molar-refractivity contribution in [3.05, 3.63) is 0 Å². The number of nitrogens with zero attached hydrogens (tertiary/aromatic N) is 1. The first-order valence-corrected chi connectivity index (χ1v) is 7.35. The van der Waals surface area contributed by atoms with E-state index >= 15 is 0 Å². The van der Waals surface area contributed by atoms with Crippen molar-refractivity contribution in [3.63, 3.8) is 0 Å². The van der Waals surface area contributed by atoms with Gasteiger partial charge in [0.15, 0.2) is 0 Å². The molecule has 2 fully saturated rings. The Morgan fingerprint density at radius 2 is 2.24 bits per heavy atom. The highest BCUT2D eigenvalue weighted by Crippen LogP contribution is 2.26. The summed E-state index contributed by atoms with van der Waals surface area (Å²) in [6.45, 7) is 11.2. The summed E-state index contributed by atoms with van der Waals surface area (Å²) in [5, 5.41) is 3.63. The zero-order valence-corrected chi connectivity index (χ0v) is 11.6. The van der Waals surface area contributed by atoms with Crippen molar-refractivity contribution in [2.45, 2.75) is 58.2 Å². The van der Waals surface area contributed by atoms with Gasteiger partial charge in [-0.2, -0.15) is 0 Å². The predicted molar refractivity (Wildman–Crippen MR) is 71.3 cm³/mol. The normalized spacial score (nSPS) is 33.4. The molecule has 3 heteroatoms. The lowest BCUT2D eigenvalue weighted by Gasteiger charge is -2.41. The Morgan fingerprint density at radius 1 is 1.41 bits per heavy atom. The first kappa shape index (κ1) is 13.3. The molecule has 2 aliphatic heterocycles. The van der Waals surface area contributed by atoms with E-state index < -0.39 is 0 Å². The Hall–Kier alpha value is -0.120. The molecule has 100 valence electrons. The highest BCUT2D eigenvalue weighted by molar-refractivity contribution is 4.91. The van der Waals surface area contributed by atoms with Gasteiger partial charge >= 0.3 is 0 Å². The molecular weight excluding hydrogens is 212 g/mol. The highest BCUT2D eigenvalue weighted by atomic mass is 16.5. The van der Waals surface area contributed by atoms with Gasteiger partial charge in [0.1, 0.15) is 0 Å². The summed E-state index contributed by atoms with van der Waals surface area (Å²) >= 11 is 0. The minimum atomic E-state index is 0.388. The van der Waals surface area contributed by atoms with Crippen LogP contribution in [-0.2, 0) is 4.74 Å². The van der Waals surface area contributed by atoms with Crippen LogP contribution in [0.3, 0.4) is 0 Å². The molecule has 0 saturated carbocycles. The van der Waals surface area contributed by atoms with Crippen LogP contribution in [0.1, 0.15) is 40.0 Å². The van der Waals surface area contributed by atoms with Crippen LogP contribution in [0.25, 0.3) is 0 Å². The van der Waals surface area contributed by atoms with Crippen molar-refractivity contribution in [2.24, 2.45) is 5.92 Å². The number of nitrogens with one attached hydrogen (secondary N) is 1. The Balaban J connectivity index is 1.94. The third-order valence-electron chi connectivity index (χ3n) is 4.51. The average Bonchev–Trinajstić information content (AvgIpc) is 2.82. The molecule has 0 aromatic carbocycles. The summed E-state index contributed by atoms with van der Waals surface area (Å²) < 4.78 is 6.13. The Morgan fingerprint density at radius 3 is 2.94 bits per heavy atom. The number of ether oxygens (including phenoxy) is 1. The molecule has 1 N–H and O–H groups in total. The third kappa shape index (κ3) is 3.01. The maximum Gasteiger partial charge on any atom is 0.0858 e. The maximum absolute atomic E-state index is 6.13. The monoisotopic (exact) mass is 240 g/mol. The van der Waals surface area contributed by atoms with Crippen LogP contribution in [-0.4, -0.2) is 49.3 Å². The molecule has 0 amide bonds. The summed E-state index contributed by atoms with van der Waals surface area (Å²) in [6, 6.07) is 1.23. The number of hydrogen-bond donors (Lipinski definition) is 1. The van der Waals surface area contributed by atoms with Gasteiger partial charge in [0.2, 0.25) is 0 Å². The van der Waals surface area contributed by atoms with Gasteiger partial charge in [-0.3, -0.25) is 4.90 Å². The molecule has 0 bridgehead atoms. The number of likely N-dealkylation sites (N-methyl/N-ethyl adjacent to an activating group) is 1. The van der Waals surface area contributed by atoms with E-state index in [-0.39, 0.29) is 0 Å². The van der Waals surface area contributed by atoms with Crippen LogP contribution >= 0.6 is 0 Å². The van der Waals surface area contributed by atoms with Crippen LogP contribution in [0, 0.1) is 5.92 Å². The Labute approximate surface area is 106 Å². The molecule has 0 spiro atoms. The summed E-state index contributed by atoms with van der Waals surface area (Å²) in [6.07, 6.45) is 4.30. The van der Waals surface area contributed by atoms with E-state index in [9.17, 15) is 0 Å². The fraction of sp³-hybridized carbons (Fsp3) is 1.00.